The number of pyridine rings is 1. The molecule has 1 fully saturated rings. The molecule has 0 amide bonds. The number of nitrogens with zero attached hydrogens (tertiary/aromatic N) is 3. The Morgan fingerprint density at radius 2 is 2.27 bits per heavy atom. The van der Waals surface area contributed by atoms with Crippen molar-refractivity contribution < 1.29 is 0 Å². The molecular formula is C16H20N6. The summed E-state index contributed by atoms with van der Waals surface area (Å²) in [5.74, 6) is 0. The van der Waals surface area contributed by atoms with Gasteiger partial charge in [0.05, 0.1) is 16.8 Å². The first kappa shape index (κ1) is 13.3. The van der Waals surface area contributed by atoms with E-state index >= 15 is 0 Å². The van der Waals surface area contributed by atoms with Gasteiger partial charge in [-0.25, -0.2) is 4.98 Å². The van der Waals surface area contributed by atoms with Crippen LogP contribution in [0.5, 0.6) is 0 Å². The van der Waals surface area contributed by atoms with Gasteiger partial charge in [-0.2, -0.15) is 5.10 Å². The summed E-state index contributed by atoms with van der Waals surface area (Å²) < 4.78 is 0. The van der Waals surface area contributed by atoms with Gasteiger partial charge in [0.15, 0.2) is 0 Å². The van der Waals surface area contributed by atoms with Crippen LogP contribution in [0, 0.1) is 0 Å². The monoisotopic (exact) mass is 296 g/mol. The van der Waals surface area contributed by atoms with Gasteiger partial charge in [-0.3, -0.25) is 5.10 Å². The minimum absolute atomic E-state index is 0.548. The van der Waals surface area contributed by atoms with Crippen molar-refractivity contribution in [1.29, 1.82) is 0 Å². The smallest absolute Gasteiger partial charge is 0.140 e. The quantitative estimate of drug-likeness (QED) is 0.692. The van der Waals surface area contributed by atoms with Crippen LogP contribution < -0.4 is 10.2 Å². The average molecular weight is 296 g/mol. The maximum atomic E-state index is 4.47. The van der Waals surface area contributed by atoms with E-state index in [4.69, 9.17) is 0 Å². The van der Waals surface area contributed by atoms with Crippen molar-refractivity contribution in [3.05, 3.63) is 30.7 Å². The second-order valence-corrected chi connectivity index (χ2v) is 5.80. The van der Waals surface area contributed by atoms with E-state index in [2.05, 4.69) is 36.4 Å². The van der Waals surface area contributed by atoms with E-state index in [-0.39, 0.29) is 0 Å². The SMILES string of the molecule is CNC1CCCN(c2ccnc3[nH]cc(-c4ccn[nH]4)c23)C1. The Morgan fingerprint density at radius 3 is 3.09 bits per heavy atom. The highest BCUT2D eigenvalue weighted by atomic mass is 15.2. The third-order valence-electron chi connectivity index (χ3n) is 4.51. The zero-order valence-corrected chi connectivity index (χ0v) is 12.6. The van der Waals surface area contributed by atoms with Gasteiger partial charge in [0, 0.05) is 43.3 Å². The number of likely N-dealkylation sites (N-methyl/N-ethyl adjacent to an activating group) is 1. The van der Waals surface area contributed by atoms with Crippen molar-refractivity contribution in [3.8, 4) is 11.3 Å². The van der Waals surface area contributed by atoms with Crippen LogP contribution in [-0.2, 0) is 0 Å². The first-order chi connectivity index (χ1) is 10.9. The molecule has 0 spiro atoms. The van der Waals surface area contributed by atoms with Gasteiger partial charge < -0.3 is 15.2 Å². The summed E-state index contributed by atoms with van der Waals surface area (Å²) in [5, 5.41) is 11.7. The Kier molecular flexibility index (Phi) is 3.31. The number of H-pyrrole nitrogens is 2. The lowest BCUT2D eigenvalue weighted by Gasteiger charge is -2.34. The first-order valence-electron chi connectivity index (χ1n) is 7.75. The minimum Gasteiger partial charge on any atom is -0.369 e. The first-order valence-corrected chi connectivity index (χ1v) is 7.75. The fourth-order valence-corrected chi connectivity index (χ4v) is 3.35. The second-order valence-electron chi connectivity index (χ2n) is 5.80. The van der Waals surface area contributed by atoms with E-state index in [0.717, 1.165) is 30.0 Å². The van der Waals surface area contributed by atoms with Gasteiger partial charge in [-0.05, 0) is 32.0 Å². The lowest BCUT2D eigenvalue weighted by atomic mass is 10.0. The molecule has 0 aliphatic carbocycles. The van der Waals surface area contributed by atoms with Crippen molar-refractivity contribution in [3.63, 3.8) is 0 Å². The summed E-state index contributed by atoms with van der Waals surface area (Å²) in [4.78, 5) is 10.2. The van der Waals surface area contributed by atoms with Crippen LogP contribution in [0.3, 0.4) is 0 Å². The Hall–Kier alpha value is -2.34. The van der Waals surface area contributed by atoms with E-state index < -0.39 is 0 Å². The van der Waals surface area contributed by atoms with Crippen molar-refractivity contribution in [2.45, 2.75) is 18.9 Å². The molecule has 0 saturated carbocycles. The summed E-state index contributed by atoms with van der Waals surface area (Å²) >= 11 is 0. The van der Waals surface area contributed by atoms with Crippen LogP contribution in [0.25, 0.3) is 22.3 Å². The predicted octanol–water partition coefficient (Wildman–Crippen LogP) is 2.14. The fourth-order valence-electron chi connectivity index (χ4n) is 3.35. The predicted molar refractivity (Wildman–Crippen MR) is 88.0 cm³/mol. The highest BCUT2D eigenvalue weighted by Gasteiger charge is 2.22. The third kappa shape index (κ3) is 2.16. The summed E-state index contributed by atoms with van der Waals surface area (Å²) in [6.45, 7) is 2.12. The molecule has 3 aromatic rings. The lowest BCUT2D eigenvalue weighted by Crippen LogP contribution is -2.44. The van der Waals surface area contributed by atoms with E-state index in [1.165, 1.54) is 23.9 Å². The Balaban J connectivity index is 1.82. The molecule has 0 aromatic carbocycles. The Bertz CT molecular complexity index is 760. The molecule has 3 N–H and O–H groups in total. The van der Waals surface area contributed by atoms with Crippen LogP contribution in [0.1, 0.15) is 12.8 Å². The molecule has 1 atom stereocenters. The number of aromatic amines is 2. The molecule has 3 aromatic heterocycles. The number of piperidine rings is 1. The minimum atomic E-state index is 0.548. The highest BCUT2D eigenvalue weighted by molar-refractivity contribution is 6.01. The maximum Gasteiger partial charge on any atom is 0.140 e. The standard InChI is InChI=1S/C16H20N6/c1-17-11-3-2-8-22(10-11)14-5-6-18-16-15(14)12(9-19-16)13-4-7-20-21-13/h4-7,9,11,17H,2-3,8,10H2,1H3,(H,18,19)(H,20,21). The molecule has 22 heavy (non-hydrogen) atoms. The van der Waals surface area contributed by atoms with Crippen LogP contribution in [0.4, 0.5) is 5.69 Å². The topological polar surface area (TPSA) is 72.6 Å². The third-order valence-corrected chi connectivity index (χ3v) is 4.51. The molecule has 114 valence electrons. The number of hydrogen-bond acceptors (Lipinski definition) is 4. The molecule has 0 radical (unpaired) electrons. The van der Waals surface area contributed by atoms with Crippen LogP contribution in [-0.4, -0.2) is 46.3 Å². The fraction of sp³-hybridized carbons (Fsp3) is 0.375. The van der Waals surface area contributed by atoms with Gasteiger partial charge in [-0.15, -0.1) is 0 Å². The lowest BCUT2D eigenvalue weighted by molar-refractivity contribution is 0.450. The second kappa shape index (κ2) is 5.46. The zero-order valence-electron chi connectivity index (χ0n) is 12.6. The molecule has 1 aliphatic rings. The van der Waals surface area contributed by atoms with Gasteiger partial charge in [0.1, 0.15) is 5.65 Å². The number of hydrogen-bond donors (Lipinski definition) is 3. The molecule has 6 heteroatoms. The van der Waals surface area contributed by atoms with E-state index in [0.29, 0.717) is 6.04 Å². The van der Waals surface area contributed by atoms with Crippen molar-refractivity contribution >= 4 is 16.7 Å². The van der Waals surface area contributed by atoms with E-state index in [1.807, 2.05) is 25.5 Å². The molecule has 6 nitrogen and oxygen atoms in total. The number of aromatic nitrogens is 4. The Morgan fingerprint density at radius 1 is 1.32 bits per heavy atom. The highest BCUT2D eigenvalue weighted by Crippen LogP contribution is 2.35. The number of fused-ring (bicyclic) bond motifs is 1. The summed E-state index contributed by atoms with van der Waals surface area (Å²) in [6, 6.07) is 4.66. The zero-order chi connectivity index (χ0) is 14.9. The normalized spacial score (nSPS) is 19.0. The number of rotatable bonds is 3. The summed E-state index contributed by atoms with van der Waals surface area (Å²) in [6.07, 6.45) is 8.12. The van der Waals surface area contributed by atoms with Crippen molar-refractivity contribution in [2.75, 3.05) is 25.0 Å². The van der Waals surface area contributed by atoms with Gasteiger partial charge in [0.25, 0.3) is 0 Å². The summed E-state index contributed by atoms with van der Waals surface area (Å²) in [5.41, 5.74) is 4.31. The number of anilines is 1. The molecule has 0 bridgehead atoms. The molecule has 1 aliphatic heterocycles. The van der Waals surface area contributed by atoms with Crippen molar-refractivity contribution in [2.24, 2.45) is 0 Å². The average Bonchev–Trinajstić information content (AvgIpc) is 3.23. The van der Waals surface area contributed by atoms with Gasteiger partial charge >= 0.3 is 0 Å². The maximum absolute atomic E-state index is 4.47. The molecule has 4 heterocycles. The van der Waals surface area contributed by atoms with Crippen LogP contribution in [0.15, 0.2) is 30.7 Å². The van der Waals surface area contributed by atoms with E-state index in [9.17, 15) is 0 Å². The van der Waals surface area contributed by atoms with Crippen molar-refractivity contribution in [1.82, 2.24) is 25.5 Å². The van der Waals surface area contributed by atoms with Crippen LogP contribution >= 0.6 is 0 Å². The largest absolute Gasteiger partial charge is 0.369 e. The molecule has 4 rings (SSSR count). The van der Waals surface area contributed by atoms with Gasteiger partial charge in [0.2, 0.25) is 0 Å². The molecule has 1 saturated heterocycles. The van der Waals surface area contributed by atoms with E-state index in [1.54, 1.807) is 6.20 Å². The number of nitrogens with one attached hydrogen (secondary N) is 3. The molecular weight excluding hydrogens is 276 g/mol. The molecule has 1 unspecified atom stereocenters. The van der Waals surface area contributed by atoms with Crippen LogP contribution in [0.2, 0.25) is 0 Å². The summed E-state index contributed by atoms with van der Waals surface area (Å²) in [7, 11) is 2.04. The van der Waals surface area contributed by atoms with Gasteiger partial charge in [-0.1, -0.05) is 0 Å². The Labute approximate surface area is 128 Å².